The van der Waals surface area contributed by atoms with Crippen molar-refractivity contribution in [2.24, 2.45) is 0 Å². The van der Waals surface area contributed by atoms with E-state index in [1.807, 2.05) is 0 Å². The number of carbonyl (C=O) groups is 2. The van der Waals surface area contributed by atoms with Crippen LogP contribution in [-0.2, 0) is 19.1 Å². The maximum absolute atomic E-state index is 11.5. The zero-order valence-corrected chi connectivity index (χ0v) is 16.7. The number of ether oxygens (including phenoxy) is 2. The van der Waals surface area contributed by atoms with E-state index in [-0.39, 0.29) is 11.9 Å². The minimum absolute atomic E-state index is 0.202. The Kier molecular flexibility index (Phi) is 18.5. The Morgan fingerprint density at radius 3 is 1.48 bits per heavy atom. The summed E-state index contributed by atoms with van der Waals surface area (Å²) >= 11 is 0. The summed E-state index contributed by atoms with van der Waals surface area (Å²) in [5.74, 6) is -0.441. The van der Waals surface area contributed by atoms with Gasteiger partial charge in [0.1, 0.15) is 0 Å². The van der Waals surface area contributed by atoms with Gasteiger partial charge in [-0.1, -0.05) is 77.6 Å². The van der Waals surface area contributed by atoms with Crippen molar-refractivity contribution in [2.75, 3.05) is 13.2 Å². The van der Waals surface area contributed by atoms with E-state index < -0.39 is 0 Å². The molecule has 0 unspecified atom stereocenters. The normalized spacial score (nSPS) is 10.6. The lowest BCUT2D eigenvalue weighted by Crippen LogP contribution is -2.08. The first-order valence-corrected chi connectivity index (χ1v) is 10.5. The first kappa shape index (κ1) is 23.9. The van der Waals surface area contributed by atoms with Crippen molar-refractivity contribution in [1.29, 1.82) is 0 Å². The molecule has 0 aliphatic carbocycles. The molecule has 0 N–H and O–H groups in total. The van der Waals surface area contributed by atoms with Crippen LogP contribution in [-0.4, -0.2) is 25.2 Å². The molecule has 0 aliphatic heterocycles. The number of rotatable bonds is 18. The molecular weight excluding hydrogens is 316 g/mol. The Bertz CT molecular complexity index is 315. The van der Waals surface area contributed by atoms with Gasteiger partial charge in [0.05, 0.1) is 13.2 Å². The quantitative estimate of drug-likeness (QED) is 0.224. The van der Waals surface area contributed by atoms with Crippen LogP contribution in [0.3, 0.4) is 0 Å². The standard InChI is InChI=1S/C21H40O4/c1-3-5-6-7-8-9-10-11-12-13-14-15-19-25-21(23)18-16-17-20(22)24-4-2/h3-19H2,1-2H3. The van der Waals surface area contributed by atoms with Gasteiger partial charge in [-0.05, 0) is 19.8 Å². The summed E-state index contributed by atoms with van der Waals surface area (Å²) in [6.45, 7) is 4.94. The predicted molar refractivity (Wildman–Crippen MR) is 103 cm³/mol. The molecule has 4 nitrogen and oxygen atoms in total. The van der Waals surface area contributed by atoms with Gasteiger partial charge in [0.15, 0.2) is 0 Å². The second-order valence-corrected chi connectivity index (χ2v) is 6.77. The van der Waals surface area contributed by atoms with Gasteiger partial charge in [-0.25, -0.2) is 0 Å². The van der Waals surface area contributed by atoms with Crippen LogP contribution in [0.2, 0.25) is 0 Å². The molecule has 0 aromatic heterocycles. The highest BCUT2D eigenvalue weighted by Crippen LogP contribution is 2.12. The fraction of sp³-hybridized carbons (Fsp3) is 0.905. The lowest BCUT2D eigenvalue weighted by Gasteiger charge is -2.05. The minimum Gasteiger partial charge on any atom is -0.466 e. The Morgan fingerprint density at radius 2 is 1.00 bits per heavy atom. The average Bonchev–Trinajstić information content (AvgIpc) is 2.59. The molecule has 4 heteroatoms. The van der Waals surface area contributed by atoms with Crippen molar-refractivity contribution < 1.29 is 19.1 Å². The second-order valence-electron chi connectivity index (χ2n) is 6.77. The van der Waals surface area contributed by atoms with E-state index in [1.54, 1.807) is 6.92 Å². The third-order valence-corrected chi connectivity index (χ3v) is 4.33. The summed E-state index contributed by atoms with van der Waals surface area (Å²) in [4.78, 5) is 22.6. The molecule has 0 aliphatic rings. The second kappa shape index (κ2) is 19.3. The molecule has 148 valence electrons. The Morgan fingerprint density at radius 1 is 0.560 bits per heavy atom. The zero-order chi connectivity index (χ0) is 18.6. The smallest absolute Gasteiger partial charge is 0.305 e. The van der Waals surface area contributed by atoms with Gasteiger partial charge in [0.2, 0.25) is 0 Å². The van der Waals surface area contributed by atoms with Crippen molar-refractivity contribution in [3.05, 3.63) is 0 Å². The number of hydrogen-bond acceptors (Lipinski definition) is 4. The van der Waals surface area contributed by atoms with E-state index in [0.717, 1.165) is 12.8 Å². The van der Waals surface area contributed by atoms with Crippen molar-refractivity contribution in [2.45, 2.75) is 110 Å². The number of unbranched alkanes of at least 4 members (excludes halogenated alkanes) is 11. The molecule has 25 heavy (non-hydrogen) atoms. The molecule has 0 aromatic rings. The van der Waals surface area contributed by atoms with Crippen molar-refractivity contribution in [3.8, 4) is 0 Å². The van der Waals surface area contributed by atoms with Crippen LogP contribution in [0.15, 0.2) is 0 Å². The molecule has 0 atom stereocenters. The molecule has 0 saturated carbocycles. The van der Waals surface area contributed by atoms with Gasteiger partial charge in [-0.3, -0.25) is 9.59 Å². The van der Waals surface area contributed by atoms with Crippen LogP contribution in [0.1, 0.15) is 110 Å². The summed E-state index contributed by atoms with van der Waals surface area (Å²) in [5.41, 5.74) is 0. The monoisotopic (exact) mass is 356 g/mol. The van der Waals surface area contributed by atoms with Gasteiger partial charge in [0, 0.05) is 12.8 Å². The third-order valence-electron chi connectivity index (χ3n) is 4.33. The summed E-state index contributed by atoms with van der Waals surface area (Å²) < 4.78 is 10.00. The maximum Gasteiger partial charge on any atom is 0.305 e. The van der Waals surface area contributed by atoms with Gasteiger partial charge >= 0.3 is 11.9 Å². The highest BCUT2D eigenvalue weighted by atomic mass is 16.5. The maximum atomic E-state index is 11.5. The first-order valence-electron chi connectivity index (χ1n) is 10.5. The molecule has 0 heterocycles. The van der Waals surface area contributed by atoms with Crippen LogP contribution < -0.4 is 0 Å². The molecule has 0 fully saturated rings. The number of hydrogen-bond donors (Lipinski definition) is 0. The van der Waals surface area contributed by atoms with Gasteiger partial charge in [-0.15, -0.1) is 0 Å². The topological polar surface area (TPSA) is 52.6 Å². The van der Waals surface area contributed by atoms with E-state index in [9.17, 15) is 9.59 Å². The van der Waals surface area contributed by atoms with Crippen LogP contribution in [0.25, 0.3) is 0 Å². The number of esters is 2. The molecule has 0 radical (unpaired) electrons. The molecule has 0 amide bonds. The lowest BCUT2D eigenvalue weighted by molar-refractivity contribution is -0.145. The van der Waals surface area contributed by atoms with E-state index in [4.69, 9.17) is 9.47 Å². The fourth-order valence-corrected chi connectivity index (χ4v) is 2.81. The largest absolute Gasteiger partial charge is 0.466 e. The average molecular weight is 357 g/mol. The van der Waals surface area contributed by atoms with Gasteiger partial charge in [0.25, 0.3) is 0 Å². The SMILES string of the molecule is CCCCCCCCCCCCCCOC(=O)CCCC(=O)OCC. The minimum atomic E-state index is -0.240. The molecular formula is C21H40O4. The highest BCUT2D eigenvalue weighted by molar-refractivity contribution is 5.72. The summed E-state index contributed by atoms with van der Waals surface area (Å²) in [5, 5.41) is 0. The molecule has 0 rings (SSSR count). The van der Waals surface area contributed by atoms with E-state index in [0.29, 0.717) is 32.5 Å². The van der Waals surface area contributed by atoms with E-state index in [1.165, 1.54) is 64.2 Å². The first-order chi connectivity index (χ1) is 12.2. The van der Waals surface area contributed by atoms with E-state index >= 15 is 0 Å². The van der Waals surface area contributed by atoms with Gasteiger partial charge in [-0.2, -0.15) is 0 Å². The van der Waals surface area contributed by atoms with Crippen LogP contribution in [0.5, 0.6) is 0 Å². The Hall–Kier alpha value is -1.06. The van der Waals surface area contributed by atoms with Crippen LogP contribution in [0.4, 0.5) is 0 Å². The number of carbonyl (C=O) groups excluding carboxylic acids is 2. The van der Waals surface area contributed by atoms with Gasteiger partial charge < -0.3 is 9.47 Å². The summed E-state index contributed by atoms with van der Waals surface area (Å²) in [7, 11) is 0. The summed E-state index contributed by atoms with van der Waals surface area (Å²) in [6.07, 6.45) is 16.7. The van der Waals surface area contributed by atoms with Crippen molar-refractivity contribution >= 4 is 11.9 Å². The molecule has 0 saturated heterocycles. The Labute approximate surface area is 155 Å². The highest BCUT2D eigenvalue weighted by Gasteiger charge is 2.06. The molecule has 0 aromatic carbocycles. The third kappa shape index (κ3) is 19.1. The van der Waals surface area contributed by atoms with Crippen molar-refractivity contribution in [1.82, 2.24) is 0 Å². The zero-order valence-electron chi connectivity index (χ0n) is 16.7. The molecule has 0 spiro atoms. The van der Waals surface area contributed by atoms with Crippen LogP contribution >= 0.6 is 0 Å². The predicted octanol–water partition coefficient (Wildman–Crippen LogP) is 5.96. The van der Waals surface area contributed by atoms with Crippen molar-refractivity contribution in [3.63, 3.8) is 0 Å². The van der Waals surface area contributed by atoms with Crippen LogP contribution in [0, 0.1) is 0 Å². The summed E-state index contributed by atoms with van der Waals surface area (Å²) in [6, 6.07) is 0. The Balaban J connectivity index is 3.19. The van der Waals surface area contributed by atoms with E-state index in [2.05, 4.69) is 6.92 Å². The molecule has 0 bridgehead atoms. The fourth-order valence-electron chi connectivity index (χ4n) is 2.81. The lowest BCUT2D eigenvalue weighted by atomic mass is 10.1.